The average molecular weight is 282 g/mol. The summed E-state index contributed by atoms with van der Waals surface area (Å²) in [6, 6.07) is 1.69. The summed E-state index contributed by atoms with van der Waals surface area (Å²) in [7, 11) is 0. The van der Waals surface area contributed by atoms with Gasteiger partial charge in [0.1, 0.15) is 0 Å². The van der Waals surface area contributed by atoms with E-state index in [4.69, 9.17) is 21.1 Å². The van der Waals surface area contributed by atoms with E-state index in [9.17, 15) is 4.79 Å². The fraction of sp³-hybridized carbons (Fsp3) is 0.571. The van der Waals surface area contributed by atoms with Crippen molar-refractivity contribution in [2.75, 3.05) is 19.8 Å². The van der Waals surface area contributed by atoms with Gasteiger partial charge in [-0.1, -0.05) is 11.6 Å². The summed E-state index contributed by atoms with van der Waals surface area (Å²) in [6.45, 7) is 1.93. The van der Waals surface area contributed by atoms with E-state index >= 15 is 0 Å². The number of ketones is 1. The topological polar surface area (TPSA) is 48.4 Å². The Morgan fingerprint density at radius 3 is 3.11 bits per heavy atom. The second kappa shape index (κ2) is 5.19. The minimum Gasteiger partial charge on any atom is -0.378 e. The van der Waals surface area contributed by atoms with Crippen molar-refractivity contribution >= 4 is 17.4 Å². The zero-order chi connectivity index (χ0) is 13.3. The fourth-order valence-electron chi connectivity index (χ4n) is 2.91. The molecule has 0 saturated carbocycles. The molecule has 1 spiro atoms. The van der Waals surface area contributed by atoms with Crippen molar-refractivity contribution in [2.45, 2.75) is 24.9 Å². The van der Waals surface area contributed by atoms with Gasteiger partial charge in [0.15, 0.2) is 5.78 Å². The van der Waals surface area contributed by atoms with Gasteiger partial charge in [-0.05, 0) is 18.9 Å². The number of nitrogens with zero attached hydrogens (tertiary/aromatic N) is 1. The SMILES string of the molecule is O=C(c1ccncc1Cl)C1CCOC2(CCOC2)C1. The first kappa shape index (κ1) is 13.0. The van der Waals surface area contributed by atoms with Gasteiger partial charge in [-0.2, -0.15) is 0 Å². The van der Waals surface area contributed by atoms with E-state index in [0.29, 0.717) is 23.8 Å². The first-order valence-electron chi connectivity index (χ1n) is 6.56. The van der Waals surface area contributed by atoms with Crippen molar-refractivity contribution in [2.24, 2.45) is 5.92 Å². The molecule has 2 unspecified atom stereocenters. The highest BCUT2D eigenvalue weighted by Gasteiger charge is 2.43. The molecule has 0 radical (unpaired) electrons. The number of carbonyl (C=O) groups excluding carboxylic acids is 1. The lowest BCUT2D eigenvalue weighted by Gasteiger charge is -2.36. The van der Waals surface area contributed by atoms with Crippen molar-refractivity contribution in [3.63, 3.8) is 0 Å². The first-order valence-corrected chi connectivity index (χ1v) is 6.93. The molecule has 0 aliphatic carbocycles. The Kier molecular flexibility index (Phi) is 3.56. The van der Waals surface area contributed by atoms with Gasteiger partial charge in [0, 0.05) is 43.5 Å². The van der Waals surface area contributed by atoms with E-state index in [2.05, 4.69) is 4.98 Å². The lowest BCUT2D eigenvalue weighted by molar-refractivity contribution is -0.0920. The van der Waals surface area contributed by atoms with Crippen LogP contribution < -0.4 is 0 Å². The summed E-state index contributed by atoms with van der Waals surface area (Å²) in [6.07, 6.45) is 5.47. The minimum absolute atomic E-state index is 0.0321. The summed E-state index contributed by atoms with van der Waals surface area (Å²) in [4.78, 5) is 16.5. The highest BCUT2D eigenvalue weighted by Crippen LogP contribution is 2.37. The van der Waals surface area contributed by atoms with Crippen LogP contribution in [0, 0.1) is 5.92 Å². The fourth-order valence-corrected chi connectivity index (χ4v) is 3.12. The molecule has 102 valence electrons. The summed E-state index contributed by atoms with van der Waals surface area (Å²) < 4.78 is 11.3. The summed E-state index contributed by atoms with van der Waals surface area (Å²) in [5, 5.41) is 0.427. The number of hydrogen-bond donors (Lipinski definition) is 0. The molecule has 0 N–H and O–H groups in total. The molecule has 0 aromatic carbocycles. The molecule has 2 aliphatic heterocycles. The third kappa shape index (κ3) is 2.53. The van der Waals surface area contributed by atoms with Gasteiger partial charge in [0.2, 0.25) is 0 Å². The summed E-state index contributed by atoms with van der Waals surface area (Å²) in [5.41, 5.74) is 0.315. The maximum absolute atomic E-state index is 12.6. The number of halogens is 1. The van der Waals surface area contributed by atoms with Gasteiger partial charge in [-0.25, -0.2) is 0 Å². The predicted octanol–water partition coefficient (Wildman–Crippen LogP) is 2.50. The first-order chi connectivity index (χ1) is 9.20. The summed E-state index contributed by atoms with van der Waals surface area (Å²) >= 11 is 6.05. The zero-order valence-corrected chi connectivity index (χ0v) is 11.4. The second-order valence-electron chi connectivity index (χ2n) is 5.24. The molecule has 2 fully saturated rings. The van der Waals surface area contributed by atoms with Gasteiger partial charge in [-0.15, -0.1) is 0 Å². The molecule has 1 aromatic heterocycles. The van der Waals surface area contributed by atoms with Crippen LogP contribution in [-0.2, 0) is 9.47 Å². The van der Waals surface area contributed by atoms with E-state index in [1.165, 1.54) is 6.20 Å². The van der Waals surface area contributed by atoms with Crippen molar-refractivity contribution in [3.05, 3.63) is 29.0 Å². The van der Waals surface area contributed by atoms with Crippen molar-refractivity contribution in [3.8, 4) is 0 Å². The Hall–Kier alpha value is -0.970. The van der Waals surface area contributed by atoms with Crippen LogP contribution in [0.5, 0.6) is 0 Å². The van der Waals surface area contributed by atoms with Crippen LogP contribution in [-0.4, -0.2) is 36.2 Å². The molecule has 2 aliphatic rings. The molecule has 2 saturated heterocycles. The second-order valence-corrected chi connectivity index (χ2v) is 5.65. The quantitative estimate of drug-likeness (QED) is 0.782. The monoisotopic (exact) mass is 281 g/mol. The lowest BCUT2D eigenvalue weighted by Crippen LogP contribution is -2.42. The lowest BCUT2D eigenvalue weighted by atomic mass is 9.81. The molecule has 4 nitrogen and oxygen atoms in total. The molecule has 1 aromatic rings. The van der Waals surface area contributed by atoms with E-state index < -0.39 is 0 Å². The number of pyridine rings is 1. The van der Waals surface area contributed by atoms with Crippen LogP contribution >= 0.6 is 11.6 Å². The highest BCUT2D eigenvalue weighted by atomic mass is 35.5. The number of ether oxygens (including phenoxy) is 2. The standard InChI is InChI=1S/C14H16ClNO3/c15-12-8-16-4-1-11(12)13(17)10-2-5-19-14(7-10)3-6-18-9-14/h1,4,8,10H,2-3,5-7,9H2. The number of aromatic nitrogens is 1. The maximum Gasteiger partial charge on any atom is 0.167 e. The highest BCUT2D eigenvalue weighted by molar-refractivity contribution is 6.33. The molecular formula is C14H16ClNO3. The third-order valence-corrected chi connectivity index (χ3v) is 4.27. The van der Waals surface area contributed by atoms with Crippen LogP contribution in [0.2, 0.25) is 5.02 Å². The number of carbonyl (C=O) groups is 1. The number of rotatable bonds is 2. The number of Topliss-reactive ketones (excluding diaryl/α,β-unsaturated/α-hetero) is 1. The van der Waals surface area contributed by atoms with E-state index in [1.54, 1.807) is 12.3 Å². The Morgan fingerprint density at radius 1 is 1.47 bits per heavy atom. The van der Waals surface area contributed by atoms with Crippen molar-refractivity contribution in [1.29, 1.82) is 0 Å². The Balaban J connectivity index is 1.78. The maximum atomic E-state index is 12.6. The van der Waals surface area contributed by atoms with Crippen LogP contribution in [0.3, 0.4) is 0 Å². The summed E-state index contributed by atoms with van der Waals surface area (Å²) in [5.74, 6) is 0.0670. The van der Waals surface area contributed by atoms with Gasteiger partial charge in [0.25, 0.3) is 0 Å². The molecule has 5 heteroatoms. The molecule has 0 amide bonds. The molecule has 3 heterocycles. The smallest absolute Gasteiger partial charge is 0.167 e. The largest absolute Gasteiger partial charge is 0.378 e. The van der Waals surface area contributed by atoms with Gasteiger partial charge < -0.3 is 9.47 Å². The van der Waals surface area contributed by atoms with Crippen LogP contribution in [0.1, 0.15) is 29.6 Å². The van der Waals surface area contributed by atoms with E-state index in [-0.39, 0.29) is 17.3 Å². The predicted molar refractivity (Wildman–Crippen MR) is 70.4 cm³/mol. The van der Waals surface area contributed by atoms with Crippen molar-refractivity contribution < 1.29 is 14.3 Å². The van der Waals surface area contributed by atoms with Gasteiger partial charge >= 0.3 is 0 Å². The minimum atomic E-state index is -0.252. The van der Waals surface area contributed by atoms with Crippen LogP contribution in [0.25, 0.3) is 0 Å². The van der Waals surface area contributed by atoms with Crippen molar-refractivity contribution in [1.82, 2.24) is 4.98 Å². The molecule has 19 heavy (non-hydrogen) atoms. The molecule has 3 rings (SSSR count). The Labute approximate surface area is 117 Å². The van der Waals surface area contributed by atoms with E-state index in [1.807, 2.05) is 0 Å². The Bertz CT molecular complexity index is 485. The number of hydrogen-bond acceptors (Lipinski definition) is 4. The molecular weight excluding hydrogens is 266 g/mol. The molecule has 0 bridgehead atoms. The van der Waals surface area contributed by atoms with E-state index in [0.717, 1.165) is 25.9 Å². The van der Waals surface area contributed by atoms with Gasteiger partial charge in [0.05, 0.1) is 17.2 Å². The normalized spacial score (nSPS) is 30.7. The zero-order valence-electron chi connectivity index (χ0n) is 10.6. The van der Waals surface area contributed by atoms with Crippen LogP contribution in [0.4, 0.5) is 0 Å². The average Bonchev–Trinajstić information content (AvgIpc) is 2.86. The van der Waals surface area contributed by atoms with Crippen LogP contribution in [0.15, 0.2) is 18.5 Å². The van der Waals surface area contributed by atoms with Gasteiger partial charge in [-0.3, -0.25) is 9.78 Å². The third-order valence-electron chi connectivity index (χ3n) is 3.97. The molecule has 2 atom stereocenters. The Morgan fingerprint density at radius 2 is 2.37 bits per heavy atom.